The van der Waals surface area contributed by atoms with Crippen molar-refractivity contribution >= 4 is 41.1 Å². The van der Waals surface area contributed by atoms with E-state index in [4.69, 9.17) is 4.74 Å². The minimum Gasteiger partial charge on any atom is -0.477 e. The Hall–Kier alpha value is -12.6. The normalized spacial score (nSPS) is 20.8. The molecule has 0 saturated heterocycles. The summed E-state index contributed by atoms with van der Waals surface area (Å²) >= 11 is 0. The van der Waals surface area contributed by atoms with Crippen molar-refractivity contribution in [3.8, 4) is 46.6 Å². The zero-order chi connectivity index (χ0) is 89.7. The zero-order valence-corrected chi connectivity index (χ0v) is 69.7. The third kappa shape index (κ3) is 26.7. The molecule has 36 heteroatoms. The Labute approximate surface area is 717 Å². The molecule has 2 aromatic carbocycles. The average molecular weight is 1730 g/mol. The standard InChI is InChI=1S/C24H25FN6O.C24H26N6O.C21H25F2N5O.C20H23F6N5O2/c1-24(32)10-8-20(9-11-24)30-22-18(13-26)15-29-23(31-22)28-14-17-3-2-12-27-21(17)16-4-6-19(25)7-5-16;1-24(31)11-9-20(10-12-24)29-22-19(14-25)16-28-23(30-22)27-15-18-8-5-13-26-21(18)17-6-3-2-4-7-17;1-13-3-5-16(9-18(13)29)27-20-15(10-24)12-26-19(28-20)6-4-14-11-25-8-7-17(14)21(2,22)23;1-18(2)13(8-14(18)32)30-15-12(20(24,25)26)10-29-17(31-15)28-9-11-4-3-6-27-16(11)33-7-5-19(21,22)23/h2-7,12,15,20,32H,8-11,14H2,1H3,(H2,28,29,30,31);2-8,13,16,20,31H,9-12,15H2,1H3,(H2,27,28,29,30);7-8,11-13,16,18,29H,3-6,9H2,1-2H3,(H,26,27,28);3-4,6,10,13-14,32H,5,7-9H2,1-2H3,(H2,28,29,30,31)/t;;13-,16+,18-;13-,14-/m..10/s1. The Morgan fingerprint density at radius 2 is 0.976 bits per heavy atom. The highest BCUT2D eigenvalue weighted by Crippen LogP contribution is 2.45. The summed E-state index contributed by atoms with van der Waals surface area (Å²) < 4.78 is 123. The lowest BCUT2D eigenvalue weighted by molar-refractivity contribution is -0.140. The Morgan fingerprint density at radius 1 is 0.488 bits per heavy atom. The van der Waals surface area contributed by atoms with Gasteiger partial charge in [-0.15, -0.1) is 0 Å². The van der Waals surface area contributed by atoms with E-state index in [1.165, 1.54) is 61.4 Å². The highest BCUT2D eigenvalue weighted by Gasteiger charge is 2.49. The van der Waals surface area contributed by atoms with Crippen molar-refractivity contribution in [1.29, 1.82) is 15.8 Å². The molecule has 0 spiro atoms. The van der Waals surface area contributed by atoms with Crippen LogP contribution < -0.4 is 42.0 Å². The number of pyridine rings is 4. The van der Waals surface area contributed by atoms with Gasteiger partial charge in [0.15, 0.2) is 0 Å². The zero-order valence-electron chi connectivity index (χ0n) is 69.7. The molecule has 10 aromatic rings. The van der Waals surface area contributed by atoms with E-state index in [9.17, 15) is 75.7 Å². The van der Waals surface area contributed by atoms with Crippen molar-refractivity contribution in [3.63, 3.8) is 0 Å². The van der Waals surface area contributed by atoms with Crippen LogP contribution in [0.2, 0.25) is 0 Å². The number of nitriles is 3. The number of halogens is 9. The molecule has 8 heterocycles. The van der Waals surface area contributed by atoms with Crippen molar-refractivity contribution in [2.45, 2.75) is 223 Å². The van der Waals surface area contributed by atoms with Gasteiger partial charge >= 0.3 is 12.4 Å². The van der Waals surface area contributed by atoms with Crippen molar-refractivity contribution < 1.29 is 64.7 Å². The maximum atomic E-state index is 13.8. The number of anilines is 7. The molecule has 8 aromatic heterocycles. The van der Waals surface area contributed by atoms with Crippen molar-refractivity contribution in [1.82, 2.24) is 59.8 Å². The molecule has 4 aliphatic rings. The van der Waals surface area contributed by atoms with E-state index in [2.05, 4.69) is 115 Å². The van der Waals surface area contributed by atoms with Crippen LogP contribution >= 0.6 is 0 Å². The van der Waals surface area contributed by atoms with Gasteiger partial charge in [-0.3, -0.25) is 15.0 Å². The number of nitrogens with one attached hydrogen (secondary N) is 7. The van der Waals surface area contributed by atoms with Gasteiger partial charge in [0.25, 0.3) is 5.92 Å². The summed E-state index contributed by atoms with van der Waals surface area (Å²) in [5.74, 6) is -0.836. The largest absolute Gasteiger partial charge is 0.477 e. The smallest absolute Gasteiger partial charge is 0.421 e. The van der Waals surface area contributed by atoms with E-state index in [0.717, 1.165) is 91.9 Å². The van der Waals surface area contributed by atoms with E-state index in [1.807, 2.05) is 75.4 Å². The molecule has 4 aliphatic carbocycles. The van der Waals surface area contributed by atoms with Gasteiger partial charge in [0.1, 0.15) is 75.4 Å². The highest BCUT2D eigenvalue weighted by molar-refractivity contribution is 5.65. The number of aliphatic hydroxyl groups is 4. The summed E-state index contributed by atoms with van der Waals surface area (Å²) in [6, 6.07) is 34.7. The van der Waals surface area contributed by atoms with Gasteiger partial charge in [-0.2, -0.15) is 57.1 Å². The Morgan fingerprint density at radius 3 is 1.48 bits per heavy atom. The third-order valence-corrected chi connectivity index (χ3v) is 22.4. The number of ether oxygens (including phenoxy) is 1. The topological polar surface area (TPSA) is 400 Å². The second-order valence-corrected chi connectivity index (χ2v) is 32.6. The van der Waals surface area contributed by atoms with Gasteiger partial charge in [-0.1, -0.05) is 69.3 Å². The molecule has 4 fully saturated rings. The Balaban J connectivity index is 0.000000162. The Kier molecular flexibility index (Phi) is 31.1. The first-order valence-electron chi connectivity index (χ1n) is 41.0. The van der Waals surface area contributed by atoms with Crippen LogP contribution in [0.3, 0.4) is 0 Å². The predicted octanol–water partition coefficient (Wildman–Crippen LogP) is 16.4. The van der Waals surface area contributed by atoms with Crippen LogP contribution in [0.25, 0.3) is 22.5 Å². The quantitative estimate of drug-likeness (QED) is 0.0224. The molecule has 4 saturated carbocycles. The summed E-state index contributed by atoms with van der Waals surface area (Å²) in [5, 5.41) is 90.5. The molecule has 27 nitrogen and oxygen atoms in total. The number of nitrogens with zero attached hydrogens (tertiary/aromatic N) is 15. The van der Waals surface area contributed by atoms with E-state index >= 15 is 0 Å². The van der Waals surface area contributed by atoms with E-state index in [1.54, 1.807) is 44.4 Å². The van der Waals surface area contributed by atoms with Crippen LogP contribution in [0, 0.1) is 51.1 Å². The SMILES string of the molecule is CC1(C)[C@@H](Nc2nc(NCc3cccnc3OCCC(F)(F)F)ncc2C(F)(F)F)C[C@@H]1O.CC1(O)CCC(Nc2nc(NCc3cccnc3-c3ccc(F)cc3)ncc2C#N)CC1.CC1(O)CCC(Nc2nc(NCc3cccnc3-c3ccccc3)ncc2C#N)CC1.C[C@@H]1CC[C@H](Nc2nc(CCc3cnccc3C(C)(F)F)ncc2C#N)C[C@H]1O. The number of aryl methyl sites for hydroxylation is 2. The molecular weight excluding hydrogens is 1630 g/mol. The predicted molar refractivity (Wildman–Crippen MR) is 451 cm³/mol. The maximum Gasteiger partial charge on any atom is 0.421 e. The fourth-order valence-electron chi connectivity index (χ4n) is 14.6. The van der Waals surface area contributed by atoms with Gasteiger partial charge in [0.05, 0.1) is 66.4 Å². The lowest BCUT2D eigenvalue weighted by Crippen LogP contribution is -2.57. The van der Waals surface area contributed by atoms with E-state index in [0.29, 0.717) is 114 Å². The lowest BCUT2D eigenvalue weighted by atomic mass is 9.64. The summed E-state index contributed by atoms with van der Waals surface area (Å²) in [5.41, 5.74) is 4.45. The number of aliphatic hydroxyl groups excluding tert-OH is 2. The summed E-state index contributed by atoms with van der Waals surface area (Å²) in [6.07, 6.45) is 11.0. The number of alkyl halides is 8. The van der Waals surface area contributed by atoms with Gasteiger partial charge in [-0.05, 0) is 168 Å². The third-order valence-electron chi connectivity index (χ3n) is 22.4. The monoisotopic (exact) mass is 1730 g/mol. The summed E-state index contributed by atoms with van der Waals surface area (Å²) in [6.45, 7) is 10.3. The van der Waals surface area contributed by atoms with E-state index in [-0.39, 0.29) is 66.3 Å². The molecule has 0 aliphatic heterocycles. The van der Waals surface area contributed by atoms with E-state index < -0.39 is 71.4 Å². The van der Waals surface area contributed by atoms with Crippen LogP contribution in [-0.4, -0.2) is 141 Å². The van der Waals surface area contributed by atoms with Crippen molar-refractivity contribution in [2.24, 2.45) is 11.3 Å². The molecule has 125 heavy (non-hydrogen) atoms. The number of hydrogen-bond acceptors (Lipinski definition) is 27. The molecule has 14 rings (SSSR count). The minimum absolute atomic E-state index is 0.0276. The highest BCUT2D eigenvalue weighted by atomic mass is 19.4. The number of aromatic nitrogens is 12. The molecular formula is C89H99F9N22O5. The molecule has 0 amide bonds. The van der Waals surface area contributed by atoms with Gasteiger partial charge in [-0.25, -0.2) is 43.1 Å². The van der Waals surface area contributed by atoms with Crippen molar-refractivity contribution in [3.05, 3.63) is 215 Å². The molecule has 658 valence electrons. The first-order chi connectivity index (χ1) is 59.5. The fourth-order valence-corrected chi connectivity index (χ4v) is 14.6. The fraction of sp³-hybridized carbons (Fsp3) is 0.427. The molecule has 0 unspecified atom stereocenters. The number of benzene rings is 2. The summed E-state index contributed by atoms with van der Waals surface area (Å²) in [7, 11) is 0. The van der Waals surface area contributed by atoms with Crippen LogP contribution in [0.5, 0.6) is 5.88 Å². The van der Waals surface area contributed by atoms with Gasteiger partial charge < -0.3 is 62.4 Å². The van der Waals surface area contributed by atoms with Crippen molar-refractivity contribution in [2.75, 3.05) is 43.8 Å². The summed E-state index contributed by atoms with van der Waals surface area (Å²) in [4.78, 5) is 50.8. The average Bonchev–Trinajstić information content (AvgIpc) is 0.760. The van der Waals surface area contributed by atoms with Crippen LogP contribution in [0.1, 0.15) is 181 Å². The number of rotatable bonds is 26. The number of hydrogen-bond donors (Lipinski definition) is 11. The van der Waals surface area contributed by atoms with Crippen LogP contribution in [0.4, 0.5) is 80.6 Å². The van der Waals surface area contributed by atoms with Gasteiger partial charge in [0.2, 0.25) is 23.7 Å². The minimum atomic E-state index is -4.70. The second-order valence-electron chi connectivity index (χ2n) is 32.6. The Bertz CT molecular complexity index is 5360. The molecule has 5 atom stereocenters. The van der Waals surface area contributed by atoms with Crippen LogP contribution in [0.15, 0.2) is 153 Å². The second kappa shape index (κ2) is 41.7. The first kappa shape index (κ1) is 93.1. The lowest BCUT2D eigenvalue weighted by Gasteiger charge is -2.49. The maximum absolute atomic E-state index is 13.8. The molecule has 0 bridgehead atoms. The van der Waals surface area contributed by atoms with Gasteiger partial charge in [0, 0.05) is 122 Å². The molecule has 0 radical (unpaired) electrons. The first-order valence-corrected chi connectivity index (χ1v) is 41.0. The molecule has 11 N–H and O–H groups in total. The van der Waals surface area contributed by atoms with Crippen LogP contribution in [-0.2, 0) is 44.6 Å².